The zero-order valence-corrected chi connectivity index (χ0v) is 5.40. The second-order valence-corrected chi connectivity index (χ2v) is 2.18. The summed E-state index contributed by atoms with van der Waals surface area (Å²) in [4.78, 5) is 11.4. The van der Waals surface area contributed by atoms with Crippen molar-refractivity contribution in [2.24, 2.45) is 0 Å². The van der Waals surface area contributed by atoms with Crippen LogP contribution in [0.2, 0.25) is 0 Å². The van der Waals surface area contributed by atoms with Gasteiger partial charge in [0, 0.05) is 6.54 Å². The number of hydrogen-bond donors (Lipinski definition) is 2. The van der Waals surface area contributed by atoms with Crippen molar-refractivity contribution in [3.63, 3.8) is 0 Å². The third kappa shape index (κ3) is 1.48. The Hall–Kier alpha value is -1.03. The number of carbonyl (C=O) groups is 1. The lowest BCUT2D eigenvalue weighted by Gasteiger charge is -2.22. The van der Waals surface area contributed by atoms with Crippen LogP contribution in [0.25, 0.3) is 0 Å². The quantitative estimate of drug-likeness (QED) is 0.465. The molecular weight excluding hydrogens is 134 g/mol. The van der Waals surface area contributed by atoms with Crippen LogP contribution in [-0.4, -0.2) is 40.4 Å². The highest BCUT2D eigenvalue weighted by Gasteiger charge is 2.16. The van der Waals surface area contributed by atoms with Crippen LogP contribution in [0, 0.1) is 0 Å². The summed E-state index contributed by atoms with van der Waals surface area (Å²) in [6.45, 7) is 0.568. The highest BCUT2D eigenvalue weighted by molar-refractivity contribution is 5.65. The molecule has 1 heterocycles. The third-order valence-electron chi connectivity index (χ3n) is 1.36. The minimum absolute atomic E-state index is 0.186. The average molecular weight is 143 g/mol. The van der Waals surface area contributed by atoms with Gasteiger partial charge in [-0.3, -0.25) is 0 Å². The van der Waals surface area contributed by atoms with Gasteiger partial charge in [0.2, 0.25) is 0 Å². The highest BCUT2D eigenvalue weighted by Crippen LogP contribution is 2.01. The number of rotatable bonds is 0. The predicted molar refractivity (Wildman–Crippen MR) is 34.7 cm³/mol. The van der Waals surface area contributed by atoms with Crippen molar-refractivity contribution in [1.29, 1.82) is 0 Å². The molecule has 0 radical (unpaired) electrons. The molecule has 0 fully saturated rings. The van der Waals surface area contributed by atoms with E-state index in [9.17, 15) is 4.79 Å². The molecule has 0 aliphatic carbocycles. The van der Waals surface area contributed by atoms with E-state index in [1.54, 1.807) is 12.2 Å². The second-order valence-electron chi connectivity index (χ2n) is 2.18. The Labute approximate surface area is 58.4 Å². The summed E-state index contributed by atoms with van der Waals surface area (Å²) in [6.07, 6.45) is 1.62. The van der Waals surface area contributed by atoms with E-state index in [1.165, 1.54) is 0 Å². The molecule has 0 aromatic carbocycles. The van der Waals surface area contributed by atoms with Crippen LogP contribution in [0.3, 0.4) is 0 Å². The molecule has 10 heavy (non-hydrogen) atoms. The van der Waals surface area contributed by atoms with E-state index in [-0.39, 0.29) is 6.54 Å². The lowest BCUT2D eigenvalue weighted by molar-refractivity contribution is 0.115. The van der Waals surface area contributed by atoms with Crippen molar-refractivity contribution < 1.29 is 15.0 Å². The van der Waals surface area contributed by atoms with E-state index in [1.807, 2.05) is 0 Å². The number of carboxylic acid groups (broad SMARTS) is 1. The number of aliphatic hydroxyl groups excluding tert-OH is 1. The summed E-state index contributed by atoms with van der Waals surface area (Å²) in [5.74, 6) is 0. The SMILES string of the molecule is O=C(O)N1CC=C[C@@H](O)C1. The molecule has 0 spiro atoms. The zero-order chi connectivity index (χ0) is 7.56. The first-order chi connectivity index (χ1) is 4.70. The first kappa shape index (κ1) is 7.08. The molecular formula is C6H9NO3. The molecule has 0 aromatic heterocycles. The smallest absolute Gasteiger partial charge is 0.407 e. The van der Waals surface area contributed by atoms with Gasteiger partial charge in [0.15, 0.2) is 0 Å². The number of β-amino-alcohol motifs (C(OH)–C–C–N with tert-alkyl or cyclic N) is 1. The van der Waals surface area contributed by atoms with Crippen molar-refractivity contribution in [2.45, 2.75) is 6.10 Å². The van der Waals surface area contributed by atoms with Gasteiger partial charge in [0.25, 0.3) is 0 Å². The Kier molecular flexibility index (Phi) is 1.91. The molecule has 0 saturated heterocycles. The van der Waals surface area contributed by atoms with Crippen LogP contribution in [-0.2, 0) is 0 Å². The van der Waals surface area contributed by atoms with Gasteiger partial charge < -0.3 is 15.1 Å². The van der Waals surface area contributed by atoms with Crippen molar-refractivity contribution in [2.75, 3.05) is 13.1 Å². The lowest BCUT2D eigenvalue weighted by atomic mass is 10.2. The van der Waals surface area contributed by atoms with E-state index >= 15 is 0 Å². The molecule has 1 aliphatic rings. The van der Waals surface area contributed by atoms with Crippen molar-refractivity contribution >= 4 is 6.09 Å². The number of amides is 1. The summed E-state index contributed by atoms with van der Waals surface area (Å²) in [6, 6.07) is 0. The summed E-state index contributed by atoms with van der Waals surface area (Å²) in [7, 11) is 0. The summed E-state index contributed by atoms with van der Waals surface area (Å²) in [5.41, 5.74) is 0. The van der Waals surface area contributed by atoms with Gasteiger partial charge in [-0.05, 0) is 0 Å². The molecule has 0 saturated carbocycles. The largest absolute Gasteiger partial charge is 0.465 e. The Morgan fingerprint density at radius 1 is 1.70 bits per heavy atom. The summed E-state index contributed by atoms with van der Waals surface area (Å²) in [5, 5.41) is 17.4. The molecule has 1 rings (SSSR count). The van der Waals surface area contributed by atoms with Gasteiger partial charge in [-0.1, -0.05) is 12.2 Å². The van der Waals surface area contributed by atoms with Crippen LogP contribution in [0.15, 0.2) is 12.2 Å². The molecule has 56 valence electrons. The first-order valence-corrected chi connectivity index (χ1v) is 3.03. The van der Waals surface area contributed by atoms with E-state index in [2.05, 4.69) is 0 Å². The topological polar surface area (TPSA) is 60.8 Å². The molecule has 0 unspecified atom stereocenters. The molecule has 0 aromatic rings. The van der Waals surface area contributed by atoms with Crippen molar-refractivity contribution in [1.82, 2.24) is 4.90 Å². The fourth-order valence-electron chi connectivity index (χ4n) is 0.863. The van der Waals surface area contributed by atoms with Crippen LogP contribution in [0.4, 0.5) is 4.79 Å². The average Bonchev–Trinajstić information content (AvgIpc) is 1.88. The van der Waals surface area contributed by atoms with Gasteiger partial charge in [0.1, 0.15) is 0 Å². The Bertz CT molecular complexity index is 166. The van der Waals surface area contributed by atoms with Crippen LogP contribution < -0.4 is 0 Å². The maximum Gasteiger partial charge on any atom is 0.407 e. The molecule has 1 amide bonds. The fraction of sp³-hybridized carbons (Fsp3) is 0.500. The minimum Gasteiger partial charge on any atom is -0.465 e. The van der Waals surface area contributed by atoms with Gasteiger partial charge in [-0.2, -0.15) is 0 Å². The Balaban J connectivity index is 2.52. The van der Waals surface area contributed by atoms with Crippen molar-refractivity contribution in [3.8, 4) is 0 Å². The highest BCUT2D eigenvalue weighted by atomic mass is 16.4. The normalized spacial score (nSPS) is 24.9. The van der Waals surface area contributed by atoms with Crippen molar-refractivity contribution in [3.05, 3.63) is 12.2 Å². The predicted octanol–water partition coefficient (Wildman–Crippen LogP) is -0.103. The van der Waals surface area contributed by atoms with E-state index in [0.717, 1.165) is 4.90 Å². The standard InChI is InChI=1S/C6H9NO3/c8-5-2-1-3-7(4-5)6(9)10/h1-2,5,8H,3-4H2,(H,9,10)/t5-/m1/s1. The third-order valence-corrected chi connectivity index (χ3v) is 1.36. The van der Waals surface area contributed by atoms with Crippen LogP contribution >= 0.6 is 0 Å². The summed E-state index contributed by atoms with van der Waals surface area (Å²) >= 11 is 0. The maximum atomic E-state index is 10.3. The van der Waals surface area contributed by atoms with Gasteiger partial charge in [-0.15, -0.1) is 0 Å². The molecule has 4 heteroatoms. The molecule has 0 bridgehead atoms. The number of nitrogens with zero attached hydrogens (tertiary/aromatic N) is 1. The lowest BCUT2D eigenvalue weighted by Crippen LogP contribution is -2.38. The van der Waals surface area contributed by atoms with E-state index in [0.29, 0.717) is 6.54 Å². The van der Waals surface area contributed by atoms with E-state index < -0.39 is 12.2 Å². The molecule has 1 aliphatic heterocycles. The van der Waals surface area contributed by atoms with Gasteiger partial charge in [-0.25, -0.2) is 4.79 Å². The molecule has 2 N–H and O–H groups in total. The number of hydrogen-bond acceptors (Lipinski definition) is 2. The minimum atomic E-state index is -0.983. The Morgan fingerprint density at radius 2 is 2.40 bits per heavy atom. The fourth-order valence-corrected chi connectivity index (χ4v) is 0.863. The first-order valence-electron chi connectivity index (χ1n) is 3.03. The molecule has 1 atom stereocenters. The van der Waals surface area contributed by atoms with E-state index in [4.69, 9.17) is 10.2 Å². The van der Waals surface area contributed by atoms with Crippen LogP contribution in [0.1, 0.15) is 0 Å². The van der Waals surface area contributed by atoms with Gasteiger partial charge in [0.05, 0.1) is 12.6 Å². The summed E-state index contributed by atoms with van der Waals surface area (Å²) < 4.78 is 0. The second kappa shape index (κ2) is 2.70. The van der Waals surface area contributed by atoms with Gasteiger partial charge >= 0.3 is 6.09 Å². The maximum absolute atomic E-state index is 10.3. The monoisotopic (exact) mass is 143 g/mol. The Morgan fingerprint density at radius 3 is 2.80 bits per heavy atom. The van der Waals surface area contributed by atoms with Crippen LogP contribution in [0.5, 0.6) is 0 Å². The number of aliphatic hydroxyl groups is 1. The zero-order valence-electron chi connectivity index (χ0n) is 5.40. The molecule has 4 nitrogen and oxygen atoms in total.